The maximum absolute atomic E-state index is 11.5. The molecule has 1 atom stereocenters. The molecule has 0 aliphatic rings. The van der Waals surface area contributed by atoms with Gasteiger partial charge in [0.05, 0.1) is 14.2 Å². The van der Waals surface area contributed by atoms with Crippen molar-refractivity contribution in [2.45, 2.75) is 12.5 Å². The number of nitrogens with zero attached hydrogens (tertiary/aromatic N) is 1. The number of nitrogens with two attached hydrogens (primary N) is 2. The highest BCUT2D eigenvalue weighted by Crippen LogP contribution is 2.29. The smallest absolute Gasteiger partial charge is 0.238 e. The number of hydrogen-bond donors (Lipinski definition) is 2. The first kappa shape index (κ1) is 14.3. The fourth-order valence-electron chi connectivity index (χ4n) is 1.57. The molecule has 0 radical (unpaired) electrons. The minimum absolute atomic E-state index is 0.121. The molecule has 0 saturated carbocycles. The highest BCUT2D eigenvalue weighted by molar-refractivity contribution is 5.76. The second-order valence-electron chi connectivity index (χ2n) is 3.92. The van der Waals surface area contributed by atoms with Crippen molar-refractivity contribution in [3.8, 4) is 11.5 Å². The number of amides is 1. The molecule has 1 amide bonds. The lowest BCUT2D eigenvalue weighted by Crippen LogP contribution is -2.35. The summed E-state index contributed by atoms with van der Waals surface area (Å²) in [4.78, 5) is 11.5. The van der Waals surface area contributed by atoms with E-state index in [1.165, 1.54) is 7.05 Å². The largest absolute Gasteiger partial charge is 0.497 e. The van der Waals surface area contributed by atoms with E-state index < -0.39 is 6.04 Å². The van der Waals surface area contributed by atoms with Crippen LogP contribution in [-0.4, -0.2) is 32.2 Å². The zero-order valence-electron chi connectivity index (χ0n) is 10.8. The molecule has 0 heterocycles. The first-order valence-electron chi connectivity index (χ1n) is 5.48. The van der Waals surface area contributed by atoms with Gasteiger partial charge in [-0.15, -0.1) is 0 Å². The van der Waals surface area contributed by atoms with Gasteiger partial charge in [-0.2, -0.15) is 0 Å². The molecule has 0 fully saturated rings. The van der Waals surface area contributed by atoms with Crippen molar-refractivity contribution < 1.29 is 14.3 Å². The Morgan fingerprint density at radius 2 is 2.06 bits per heavy atom. The van der Waals surface area contributed by atoms with E-state index in [2.05, 4.69) is 0 Å². The van der Waals surface area contributed by atoms with Crippen LogP contribution >= 0.6 is 0 Å². The number of rotatable bonds is 5. The van der Waals surface area contributed by atoms with Gasteiger partial charge in [0.25, 0.3) is 0 Å². The third kappa shape index (κ3) is 3.35. The number of carbonyl (C=O) groups excluding carboxylic acids is 1. The van der Waals surface area contributed by atoms with Gasteiger partial charge in [0.15, 0.2) is 0 Å². The molecule has 100 valence electrons. The second kappa shape index (κ2) is 6.23. The Morgan fingerprint density at radius 1 is 1.39 bits per heavy atom. The van der Waals surface area contributed by atoms with Gasteiger partial charge in [0.2, 0.25) is 5.91 Å². The van der Waals surface area contributed by atoms with Crippen LogP contribution in [0.1, 0.15) is 18.0 Å². The van der Waals surface area contributed by atoms with Gasteiger partial charge >= 0.3 is 0 Å². The van der Waals surface area contributed by atoms with Gasteiger partial charge < -0.3 is 15.2 Å². The molecule has 0 aliphatic carbocycles. The van der Waals surface area contributed by atoms with E-state index in [0.717, 1.165) is 10.6 Å². The van der Waals surface area contributed by atoms with Crippen LogP contribution in [0.5, 0.6) is 11.5 Å². The Balaban J connectivity index is 2.91. The third-order valence-electron chi connectivity index (χ3n) is 2.63. The van der Waals surface area contributed by atoms with Crippen LogP contribution in [0.25, 0.3) is 0 Å². The zero-order chi connectivity index (χ0) is 13.7. The molecule has 4 N–H and O–H groups in total. The lowest BCUT2D eigenvalue weighted by Gasteiger charge is -2.18. The highest BCUT2D eigenvalue weighted by atomic mass is 16.5. The average Bonchev–Trinajstić information content (AvgIpc) is 2.37. The van der Waals surface area contributed by atoms with Crippen molar-refractivity contribution >= 4 is 5.91 Å². The molecule has 1 rings (SSSR count). The van der Waals surface area contributed by atoms with Crippen LogP contribution in [0, 0.1) is 0 Å². The standard InChI is InChI=1S/C12H19N3O3/c1-15(14)12(16)7-10(13)9-5-4-8(17-2)6-11(9)18-3/h4-6,10H,7,13-14H2,1-3H3. The monoisotopic (exact) mass is 253 g/mol. The van der Waals surface area contributed by atoms with Crippen LogP contribution in [0.15, 0.2) is 18.2 Å². The van der Waals surface area contributed by atoms with Gasteiger partial charge in [0, 0.05) is 31.1 Å². The molecule has 0 saturated heterocycles. The molecule has 0 bridgehead atoms. The molecule has 1 unspecified atom stereocenters. The molecule has 1 aromatic carbocycles. The molecular formula is C12H19N3O3. The van der Waals surface area contributed by atoms with Crippen LogP contribution in [-0.2, 0) is 4.79 Å². The number of ether oxygens (including phenoxy) is 2. The molecule has 6 nitrogen and oxygen atoms in total. The third-order valence-corrected chi connectivity index (χ3v) is 2.63. The van der Waals surface area contributed by atoms with Crippen molar-refractivity contribution in [3.05, 3.63) is 23.8 Å². The van der Waals surface area contributed by atoms with E-state index >= 15 is 0 Å². The van der Waals surface area contributed by atoms with E-state index in [1.807, 2.05) is 0 Å². The Bertz CT molecular complexity index is 421. The summed E-state index contributed by atoms with van der Waals surface area (Å²) in [5.41, 5.74) is 6.72. The van der Waals surface area contributed by atoms with E-state index in [0.29, 0.717) is 11.5 Å². The van der Waals surface area contributed by atoms with Crippen molar-refractivity contribution in [2.75, 3.05) is 21.3 Å². The number of carbonyl (C=O) groups is 1. The summed E-state index contributed by atoms with van der Waals surface area (Å²) >= 11 is 0. The fraction of sp³-hybridized carbons (Fsp3) is 0.417. The van der Waals surface area contributed by atoms with Crippen molar-refractivity contribution in [3.63, 3.8) is 0 Å². The molecular weight excluding hydrogens is 234 g/mol. The summed E-state index contributed by atoms with van der Waals surface area (Å²) in [6.07, 6.45) is 0.121. The molecule has 0 spiro atoms. The quantitative estimate of drug-likeness (QED) is 0.451. The Morgan fingerprint density at radius 3 is 2.56 bits per heavy atom. The topological polar surface area (TPSA) is 90.8 Å². The summed E-state index contributed by atoms with van der Waals surface area (Å²) in [6.45, 7) is 0. The van der Waals surface area contributed by atoms with Crippen molar-refractivity contribution in [1.29, 1.82) is 0 Å². The van der Waals surface area contributed by atoms with Crippen molar-refractivity contribution in [1.82, 2.24) is 5.01 Å². The van der Waals surface area contributed by atoms with Gasteiger partial charge in [-0.25, -0.2) is 5.84 Å². The number of methoxy groups -OCH3 is 2. The van der Waals surface area contributed by atoms with E-state index in [4.69, 9.17) is 21.1 Å². The van der Waals surface area contributed by atoms with Gasteiger partial charge in [-0.05, 0) is 6.07 Å². The summed E-state index contributed by atoms with van der Waals surface area (Å²) in [6, 6.07) is 4.82. The maximum Gasteiger partial charge on any atom is 0.238 e. The van der Waals surface area contributed by atoms with Crippen LogP contribution in [0.4, 0.5) is 0 Å². The number of hydrazine groups is 1. The zero-order valence-corrected chi connectivity index (χ0v) is 10.8. The van der Waals surface area contributed by atoms with Crippen molar-refractivity contribution in [2.24, 2.45) is 11.6 Å². The molecule has 6 heteroatoms. The van der Waals surface area contributed by atoms with E-state index in [1.54, 1.807) is 32.4 Å². The Hall–Kier alpha value is -1.79. The van der Waals surface area contributed by atoms with E-state index in [9.17, 15) is 4.79 Å². The highest BCUT2D eigenvalue weighted by Gasteiger charge is 2.17. The summed E-state index contributed by atoms with van der Waals surface area (Å²) in [7, 11) is 4.60. The van der Waals surface area contributed by atoms with Crippen LogP contribution in [0.3, 0.4) is 0 Å². The summed E-state index contributed by atoms with van der Waals surface area (Å²) in [5.74, 6) is 6.38. The normalized spacial score (nSPS) is 11.8. The lowest BCUT2D eigenvalue weighted by atomic mass is 10.0. The average molecular weight is 253 g/mol. The fourth-order valence-corrected chi connectivity index (χ4v) is 1.57. The minimum atomic E-state index is -0.468. The lowest BCUT2D eigenvalue weighted by molar-refractivity contribution is -0.130. The van der Waals surface area contributed by atoms with Gasteiger partial charge in [-0.1, -0.05) is 6.07 Å². The van der Waals surface area contributed by atoms with Gasteiger partial charge in [0.1, 0.15) is 11.5 Å². The predicted molar refractivity (Wildman–Crippen MR) is 68.0 cm³/mol. The van der Waals surface area contributed by atoms with E-state index in [-0.39, 0.29) is 12.3 Å². The molecule has 0 aliphatic heterocycles. The second-order valence-corrected chi connectivity index (χ2v) is 3.92. The SMILES string of the molecule is COc1ccc(C(N)CC(=O)N(C)N)c(OC)c1. The first-order chi connectivity index (χ1) is 8.49. The van der Waals surface area contributed by atoms with Crippen LogP contribution < -0.4 is 21.1 Å². The first-order valence-corrected chi connectivity index (χ1v) is 5.48. The van der Waals surface area contributed by atoms with Gasteiger partial charge in [-0.3, -0.25) is 9.80 Å². The molecule has 1 aromatic rings. The Labute approximate surface area is 106 Å². The molecule has 0 aromatic heterocycles. The molecule has 18 heavy (non-hydrogen) atoms. The number of hydrogen-bond acceptors (Lipinski definition) is 5. The maximum atomic E-state index is 11.5. The predicted octanol–water partition coefficient (Wildman–Crippen LogP) is 0.426. The minimum Gasteiger partial charge on any atom is -0.497 e. The number of benzene rings is 1. The van der Waals surface area contributed by atoms with Crippen LogP contribution in [0.2, 0.25) is 0 Å². The summed E-state index contributed by atoms with van der Waals surface area (Å²) < 4.78 is 10.3. The summed E-state index contributed by atoms with van der Waals surface area (Å²) in [5, 5.41) is 1.02. The Kier molecular flexibility index (Phi) is 4.94.